The summed E-state index contributed by atoms with van der Waals surface area (Å²) in [6.07, 6.45) is 5.83. The molecule has 25 heavy (non-hydrogen) atoms. The number of amides is 1. The zero-order valence-electron chi connectivity index (χ0n) is 15.1. The molecule has 2 aromatic heterocycles. The van der Waals surface area contributed by atoms with Crippen LogP contribution >= 0.6 is 0 Å². The first kappa shape index (κ1) is 17.4. The van der Waals surface area contributed by atoms with Crippen molar-refractivity contribution in [2.45, 2.75) is 39.2 Å². The Morgan fingerprint density at radius 2 is 2.00 bits per heavy atom. The van der Waals surface area contributed by atoms with Gasteiger partial charge in [-0.25, -0.2) is 9.67 Å². The van der Waals surface area contributed by atoms with E-state index in [2.05, 4.69) is 28.5 Å². The molecule has 7 nitrogen and oxygen atoms in total. The highest BCUT2D eigenvalue weighted by Crippen LogP contribution is 2.22. The van der Waals surface area contributed by atoms with Crippen LogP contribution in [0.25, 0.3) is 0 Å². The summed E-state index contributed by atoms with van der Waals surface area (Å²) in [6.45, 7) is 6.70. The third-order valence-electron chi connectivity index (χ3n) is 4.80. The van der Waals surface area contributed by atoms with Gasteiger partial charge in [0.15, 0.2) is 0 Å². The Balaban J connectivity index is 1.59. The number of nitrogens with zero attached hydrogens (tertiary/aromatic N) is 5. The molecule has 3 heterocycles. The van der Waals surface area contributed by atoms with Gasteiger partial charge in [-0.1, -0.05) is 13.8 Å². The van der Waals surface area contributed by atoms with Crippen LogP contribution in [0.1, 0.15) is 48.9 Å². The highest BCUT2D eigenvalue weighted by Gasteiger charge is 2.25. The van der Waals surface area contributed by atoms with E-state index in [1.807, 2.05) is 17.3 Å². The van der Waals surface area contributed by atoms with Crippen molar-refractivity contribution in [3.63, 3.8) is 0 Å². The maximum atomic E-state index is 12.6. The molecular formula is C18H25N5O2. The molecule has 1 saturated heterocycles. The standard InChI is InChI=1S/C18H25N5O2/c1-13(2)17-19-8-11-23(17)12-14-6-9-22(10-7-14)18(25)15-4-5-16(24)21(3)20-15/h4-5,8,11,13-14H,6-7,9-10,12H2,1-3H3. The summed E-state index contributed by atoms with van der Waals surface area (Å²) in [4.78, 5) is 30.2. The minimum atomic E-state index is -0.212. The van der Waals surface area contributed by atoms with Gasteiger partial charge in [-0.3, -0.25) is 9.59 Å². The predicted molar refractivity (Wildman–Crippen MR) is 94.4 cm³/mol. The van der Waals surface area contributed by atoms with E-state index < -0.39 is 0 Å². The second-order valence-electron chi connectivity index (χ2n) is 7.01. The summed E-state index contributed by atoms with van der Waals surface area (Å²) in [6, 6.07) is 2.90. The van der Waals surface area contributed by atoms with Gasteiger partial charge in [0, 0.05) is 51.1 Å². The summed E-state index contributed by atoms with van der Waals surface area (Å²) in [5.41, 5.74) is 0.119. The Morgan fingerprint density at radius 3 is 2.64 bits per heavy atom. The SMILES string of the molecule is CC(C)c1nccn1CC1CCN(C(=O)c2ccc(=O)n(C)n2)CC1. The van der Waals surface area contributed by atoms with Crippen molar-refractivity contribution in [3.8, 4) is 0 Å². The molecule has 3 rings (SSSR count). The number of carbonyl (C=O) groups is 1. The molecule has 1 amide bonds. The van der Waals surface area contributed by atoms with Gasteiger partial charge < -0.3 is 9.47 Å². The minimum absolute atomic E-state index is 0.0976. The van der Waals surface area contributed by atoms with Gasteiger partial charge >= 0.3 is 0 Å². The number of aromatic nitrogens is 4. The molecule has 1 aliphatic heterocycles. The van der Waals surface area contributed by atoms with Crippen LogP contribution in [0, 0.1) is 5.92 Å². The maximum Gasteiger partial charge on any atom is 0.274 e. The topological polar surface area (TPSA) is 73.0 Å². The fourth-order valence-corrected chi connectivity index (χ4v) is 3.35. The lowest BCUT2D eigenvalue weighted by Crippen LogP contribution is -2.40. The number of rotatable bonds is 4. The Labute approximate surface area is 147 Å². The van der Waals surface area contributed by atoms with Gasteiger partial charge in [0.2, 0.25) is 0 Å². The molecule has 0 aliphatic carbocycles. The maximum absolute atomic E-state index is 12.6. The van der Waals surface area contributed by atoms with E-state index in [0.717, 1.165) is 38.3 Å². The molecule has 0 unspecified atom stereocenters. The van der Waals surface area contributed by atoms with E-state index in [-0.39, 0.29) is 11.5 Å². The molecule has 2 aromatic rings. The number of likely N-dealkylation sites (tertiary alicyclic amines) is 1. The summed E-state index contributed by atoms with van der Waals surface area (Å²) < 4.78 is 3.44. The smallest absolute Gasteiger partial charge is 0.274 e. The molecule has 1 aliphatic rings. The van der Waals surface area contributed by atoms with Crippen molar-refractivity contribution >= 4 is 5.91 Å². The number of piperidine rings is 1. The van der Waals surface area contributed by atoms with Crippen LogP contribution in [0.5, 0.6) is 0 Å². The zero-order chi connectivity index (χ0) is 18.0. The zero-order valence-corrected chi connectivity index (χ0v) is 15.1. The Morgan fingerprint density at radius 1 is 1.28 bits per heavy atom. The molecule has 0 saturated carbocycles. The van der Waals surface area contributed by atoms with Gasteiger partial charge in [-0.15, -0.1) is 0 Å². The first-order valence-electron chi connectivity index (χ1n) is 8.80. The fourth-order valence-electron chi connectivity index (χ4n) is 3.35. The van der Waals surface area contributed by atoms with E-state index in [9.17, 15) is 9.59 Å². The molecule has 0 N–H and O–H groups in total. The Hall–Kier alpha value is -2.44. The van der Waals surface area contributed by atoms with E-state index in [0.29, 0.717) is 17.5 Å². The van der Waals surface area contributed by atoms with Gasteiger partial charge in [0.25, 0.3) is 11.5 Å². The van der Waals surface area contributed by atoms with Crippen molar-refractivity contribution < 1.29 is 4.79 Å². The second kappa shape index (κ2) is 7.21. The minimum Gasteiger partial charge on any atom is -0.337 e. The molecule has 0 atom stereocenters. The van der Waals surface area contributed by atoms with Crippen LogP contribution in [0.3, 0.4) is 0 Å². The molecule has 0 aromatic carbocycles. The molecule has 0 bridgehead atoms. The lowest BCUT2D eigenvalue weighted by molar-refractivity contribution is 0.0674. The van der Waals surface area contributed by atoms with Crippen LogP contribution in [0.15, 0.2) is 29.3 Å². The van der Waals surface area contributed by atoms with Crippen LogP contribution in [-0.4, -0.2) is 43.2 Å². The van der Waals surface area contributed by atoms with Crippen LogP contribution in [-0.2, 0) is 13.6 Å². The Kier molecular flexibility index (Phi) is 5.01. The molecule has 7 heteroatoms. The second-order valence-corrected chi connectivity index (χ2v) is 7.01. The van der Waals surface area contributed by atoms with Crippen LogP contribution in [0.2, 0.25) is 0 Å². The van der Waals surface area contributed by atoms with E-state index in [1.165, 1.54) is 16.8 Å². The lowest BCUT2D eigenvalue weighted by atomic mass is 9.96. The van der Waals surface area contributed by atoms with Gasteiger partial charge in [-0.2, -0.15) is 5.10 Å². The van der Waals surface area contributed by atoms with Gasteiger partial charge in [-0.05, 0) is 24.8 Å². The quantitative estimate of drug-likeness (QED) is 0.846. The molecule has 0 spiro atoms. The number of carbonyl (C=O) groups excluding carboxylic acids is 1. The molecular weight excluding hydrogens is 318 g/mol. The van der Waals surface area contributed by atoms with Crippen molar-refractivity contribution in [1.29, 1.82) is 0 Å². The first-order valence-corrected chi connectivity index (χ1v) is 8.80. The summed E-state index contributed by atoms with van der Waals surface area (Å²) >= 11 is 0. The number of hydrogen-bond donors (Lipinski definition) is 0. The van der Waals surface area contributed by atoms with Crippen molar-refractivity contribution in [1.82, 2.24) is 24.2 Å². The third kappa shape index (κ3) is 3.81. The van der Waals surface area contributed by atoms with Crippen molar-refractivity contribution in [3.05, 3.63) is 46.4 Å². The van der Waals surface area contributed by atoms with Gasteiger partial charge in [0.1, 0.15) is 11.5 Å². The monoisotopic (exact) mass is 343 g/mol. The average Bonchev–Trinajstić information content (AvgIpc) is 3.06. The molecule has 0 radical (unpaired) electrons. The average molecular weight is 343 g/mol. The normalized spacial score (nSPS) is 15.8. The van der Waals surface area contributed by atoms with Crippen molar-refractivity contribution in [2.75, 3.05) is 13.1 Å². The third-order valence-corrected chi connectivity index (χ3v) is 4.80. The molecule has 1 fully saturated rings. The van der Waals surface area contributed by atoms with E-state index in [4.69, 9.17) is 0 Å². The van der Waals surface area contributed by atoms with Gasteiger partial charge in [0.05, 0.1) is 0 Å². The summed E-state index contributed by atoms with van der Waals surface area (Å²) in [5, 5.41) is 4.06. The highest BCUT2D eigenvalue weighted by atomic mass is 16.2. The van der Waals surface area contributed by atoms with Crippen molar-refractivity contribution in [2.24, 2.45) is 13.0 Å². The number of imidazole rings is 1. The van der Waals surface area contributed by atoms with E-state index in [1.54, 1.807) is 7.05 Å². The summed E-state index contributed by atoms with van der Waals surface area (Å²) in [7, 11) is 1.56. The van der Waals surface area contributed by atoms with Crippen LogP contribution in [0.4, 0.5) is 0 Å². The lowest BCUT2D eigenvalue weighted by Gasteiger charge is -2.32. The van der Waals surface area contributed by atoms with E-state index >= 15 is 0 Å². The van der Waals surface area contributed by atoms with Crippen LogP contribution < -0.4 is 5.56 Å². The predicted octanol–water partition coefficient (Wildman–Crippen LogP) is 1.65. The highest BCUT2D eigenvalue weighted by molar-refractivity contribution is 5.92. The molecule has 134 valence electrons. The Bertz CT molecular complexity index is 800. The fraction of sp³-hybridized carbons (Fsp3) is 0.556. The summed E-state index contributed by atoms with van der Waals surface area (Å²) in [5.74, 6) is 1.98. The largest absolute Gasteiger partial charge is 0.337 e. The number of aryl methyl sites for hydroxylation is 1. The first-order chi connectivity index (χ1) is 12.0. The number of hydrogen-bond acceptors (Lipinski definition) is 4.